The molecule has 1 saturated heterocycles. The van der Waals surface area contributed by atoms with E-state index in [1.165, 1.54) is 0 Å². The highest BCUT2D eigenvalue weighted by Gasteiger charge is 2.19. The lowest BCUT2D eigenvalue weighted by molar-refractivity contribution is -0.117. The Kier molecular flexibility index (Phi) is 6.11. The van der Waals surface area contributed by atoms with Crippen molar-refractivity contribution < 1.29 is 4.79 Å². The van der Waals surface area contributed by atoms with Crippen LogP contribution in [-0.4, -0.2) is 43.5 Å². The molecule has 0 atom stereocenters. The molecule has 1 fully saturated rings. The van der Waals surface area contributed by atoms with E-state index in [0.29, 0.717) is 22.8 Å². The van der Waals surface area contributed by atoms with Gasteiger partial charge in [0.25, 0.3) is 0 Å². The molecule has 26 heavy (non-hydrogen) atoms. The second-order valence-electron chi connectivity index (χ2n) is 6.30. The molecule has 0 saturated carbocycles. The number of halogens is 1. The number of hydrogen-bond donors (Lipinski definition) is 1. The SMILES string of the molecule is N#Cc1ccccc1N1CCCN(CC(=O)Nc2cccc(Cl)c2)CC1. The van der Waals surface area contributed by atoms with Crippen LogP contribution in [0.4, 0.5) is 11.4 Å². The third kappa shape index (κ3) is 4.75. The normalized spacial score (nSPS) is 15.2. The lowest BCUT2D eigenvalue weighted by Crippen LogP contribution is -2.36. The highest BCUT2D eigenvalue weighted by atomic mass is 35.5. The third-order valence-corrected chi connectivity index (χ3v) is 4.66. The zero-order valence-corrected chi connectivity index (χ0v) is 15.2. The monoisotopic (exact) mass is 368 g/mol. The molecule has 0 radical (unpaired) electrons. The molecule has 5 nitrogen and oxygen atoms in total. The van der Waals surface area contributed by atoms with Crippen molar-refractivity contribution in [3.8, 4) is 6.07 Å². The number of hydrogen-bond acceptors (Lipinski definition) is 4. The van der Waals surface area contributed by atoms with Gasteiger partial charge in [-0.25, -0.2) is 0 Å². The van der Waals surface area contributed by atoms with Crippen molar-refractivity contribution >= 4 is 28.9 Å². The minimum atomic E-state index is -0.0434. The molecule has 2 aromatic rings. The third-order valence-electron chi connectivity index (χ3n) is 4.43. The van der Waals surface area contributed by atoms with Gasteiger partial charge in [0, 0.05) is 36.9 Å². The van der Waals surface area contributed by atoms with Gasteiger partial charge in [-0.1, -0.05) is 29.8 Å². The Hall–Kier alpha value is -2.55. The van der Waals surface area contributed by atoms with Gasteiger partial charge in [0.2, 0.25) is 5.91 Å². The van der Waals surface area contributed by atoms with Gasteiger partial charge >= 0.3 is 0 Å². The molecule has 1 amide bonds. The van der Waals surface area contributed by atoms with E-state index in [1.54, 1.807) is 12.1 Å². The van der Waals surface area contributed by atoms with Gasteiger partial charge in [-0.2, -0.15) is 5.26 Å². The van der Waals surface area contributed by atoms with Gasteiger partial charge in [0.15, 0.2) is 0 Å². The molecular formula is C20H21ClN4O. The standard InChI is InChI=1S/C20H21ClN4O/c21-17-6-3-7-18(13-17)23-20(26)15-24-9-4-10-25(12-11-24)19-8-2-1-5-16(19)14-22/h1-3,5-8,13H,4,9-12,15H2,(H,23,26). The number of rotatable bonds is 4. The molecule has 1 aliphatic rings. The van der Waals surface area contributed by atoms with Crippen LogP contribution in [0, 0.1) is 11.3 Å². The second kappa shape index (κ2) is 8.70. The molecule has 1 N–H and O–H groups in total. The van der Waals surface area contributed by atoms with E-state index < -0.39 is 0 Å². The lowest BCUT2D eigenvalue weighted by atomic mass is 10.1. The summed E-state index contributed by atoms with van der Waals surface area (Å²) in [6.07, 6.45) is 0.949. The lowest BCUT2D eigenvalue weighted by Gasteiger charge is -2.24. The van der Waals surface area contributed by atoms with Crippen molar-refractivity contribution in [2.75, 3.05) is 42.9 Å². The van der Waals surface area contributed by atoms with Crippen molar-refractivity contribution in [1.82, 2.24) is 4.90 Å². The molecule has 0 aromatic heterocycles. The first-order chi connectivity index (χ1) is 12.7. The molecule has 1 heterocycles. The average molecular weight is 369 g/mol. The van der Waals surface area contributed by atoms with Crippen molar-refractivity contribution in [2.45, 2.75) is 6.42 Å². The van der Waals surface area contributed by atoms with E-state index >= 15 is 0 Å². The summed E-state index contributed by atoms with van der Waals surface area (Å²) in [7, 11) is 0. The van der Waals surface area contributed by atoms with Crippen LogP contribution in [0.5, 0.6) is 0 Å². The molecule has 0 unspecified atom stereocenters. The van der Waals surface area contributed by atoms with Crippen molar-refractivity contribution in [2.24, 2.45) is 0 Å². The summed E-state index contributed by atoms with van der Waals surface area (Å²) in [5.74, 6) is -0.0434. The average Bonchev–Trinajstić information content (AvgIpc) is 2.87. The van der Waals surface area contributed by atoms with Crippen LogP contribution in [0.25, 0.3) is 0 Å². The van der Waals surface area contributed by atoms with Crippen molar-refractivity contribution in [1.29, 1.82) is 5.26 Å². The zero-order chi connectivity index (χ0) is 18.4. The molecule has 2 aromatic carbocycles. The predicted octanol–water partition coefficient (Wildman–Crippen LogP) is 3.36. The van der Waals surface area contributed by atoms with Crippen LogP contribution in [0.3, 0.4) is 0 Å². The molecule has 134 valence electrons. The number of nitriles is 1. The Morgan fingerprint density at radius 1 is 1.12 bits per heavy atom. The van der Waals surface area contributed by atoms with E-state index in [4.69, 9.17) is 11.6 Å². The highest BCUT2D eigenvalue weighted by molar-refractivity contribution is 6.30. The number of carbonyl (C=O) groups is 1. The van der Waals surface area contributed by atoms with Crippen LogP contribution < -0.4 is 10.2 Å². The molecule has 0 spiro atoms. The quantitative estimate of drug-likeness (QED) is 0.898. The Balaban J connectivity index is 1.57. The number of para-hydroxylation sites is 1. The Bertz CT molecular complexity index is 817. The summed E-state index contributed by atoms with van der Waals surface area (Å²) in [6.45, 7) is 3.66. The summed E-state index contributed by atoms with van der Waals surface area (Å²) < 4.78 is 0. The summed E-state index contributed by atoms with van der Waals surface area (Å²) in [6, 6.07) is 17.1. The van der Waals surface area contributed by atoms with Gasteiger partial charge in [0.1, 0.15) is 6.07 Å². The minimum Gasteiger partial charge on any atom is -0.369 e. The molecule has 0 aliphatic carbocycles. The number of nitrogens with one attached hydrogen (secondary N) is 1. The van der Waals surface area contributed by atoms with Crippen LogP contribution in [0.15, 0.2) is 48.5 Å². The largest absolute Gasteiger partial charge is 0.369 e. The van der Waals surface area contributed by atoms with Gasteiger partial charge in [-0.3, -0.25) is 9.69 Å². The predicted molar refractivity (Wildman–Crippen MR) is 105 cm³/mol. The fourth-order valence-corrected chi connectivity index (χ4v) is 3.37. The summed E-state index contributed by atoms with van der Waals surface area (Å²) in [5, 5.41) is 12.8. The molecule has 1 aliphatic heterocycles. The van der Waals surface area contributed by atoms with Crippen LogP contribution in [0.2, 0.25) is 5.02 Å². The molecular weight excluding hydrogens is 348 g/mol. The summed E-state index contributed by atoms with van der Waals surface area (Å²) in [5.41, 5.74) is 2.38. The summed E-state index contributed by atoms with van der Waals surface area (Å²) in [4.78, 5) is 16.7. The van der Waals surface area contributed by atoms with Crippen molar-refractivity contribution in [3.05, 3.63) is 59.1 Å². The van der Waals surface area contributed by atoms with E-state index in [2.05, 4.69) is 21.2 Å². The van der Waals surface area contributed by atoms with E-state index in [1.807, 2.05) is 36.4 Å². The Morgan fingerprint density at radius 2 is 1.96 bits per heavy atom. The fourth-order valence-electron chi connectivity index (χ4n) is 3.18. The minimum absolute atomic E-state index is 0.0434. The second-order valence-corrected chi connectivity index (χ2v) is 6.74. The highest BCUT2D eigenvalue weighted by Crippen LogP contribution is 2.21. The first-order valence-electron chi connectivity index (χ1n) is 8.67. The van der Waals surface area contributed by atoms with Gasteiger partial charge < -0.3 is 10.2 Å². The maximum Gasteiger partial charge on any atom is 0.238 e. The first kappa shape index (κ1) is 18.2. The Labute approximate surface area is 158 Å². The number of anilines is 2. The maximum absolute atomic E-state index is 12.3. The van der Waals surface area contributed by atoms with Crippen LogP contribution in [0.1, 0.15) is 12.0 Å². The number of benzene rings is 2. The van der Waals surface area contributed by atoms with Gasteiger partial charge in [-0.05, 0) is 36.8 Å². The smallest absolute Gasteiger partial charge is 0.238 e. The van der Waals surface area contributed by atoms with Crippen LogP contribution >= 0.6 is 11.6 Å². The van der Waals surface area contributed by atoms with E-state index in [-0.39, 0.29) is 5.91 Å². The maximum atomic E-state index is 12.3. The van der Waals surface area contributed by atoms with E-state index in [0.717, 1.165) is 38.3 Å². The number of nitrogens with zero attached hydrogens (tertiary/aromatic N) is 3. The summed E-state index contributed by atoms with van der Waals surface area (Å²) >= 11 is 5.95. The van der Waals surface area contributed by atoms with Crippen LogP contribution in [-0.2, 0) is 4.79 Å². The molecule has 0 bridgehead atoms. The zero-order valence-electron chi connectivity index (χ0n) is 14.5. The number of amides is 1. The van der Waals surface area contributed by atoms with Gasteiger partial charge in [0.05, 0.1) is 17.8 Å². The first-order valence-corrected chi connectivity index (χ1v) is 9.05. The topological polar surface area (TPSA) is 59.4 Å². The Morgan fingerprint density at radius 3 is 2.77 bits per heavy atom. The number of carbonyl (C=O) groups excluding carboxylic acids is 1. The van der Waals surface area contributed by atoms with E-state index in [9.17, 15) is 10.1 Å². The molecule has 6 heteroatoms. The molecule has 3 rings (SSSR count). The van der Waals surface area contributed by atoms with Gasteiger partial charge in [-0.15, -0.1) is 0 Å². The van der Waals surface area contributed by atoms with Crippen molar-refractivity contribution in [3.63, 3.8) is 0 Å². The fraction of sp³-hybridized carbons (Fsp3) is 0.300.